The highest BCUT2D eigenvalue weighted by Gasteiger charge is 2.16. The van der Waals surface area contributed by atoms with Crippen molar-refractivity contribution < 1.29 is 9.90 Å². The van der Waals surface area contributed by atoms with Gasteiger partial charge in [0.1, 0.15) is 17.9 Å². The van der Waals surface area contributed by atoms with Gasteiger partial charge in [-0.3, -0.25) is 19.0 Å². The number of fused-ring (bicyclic) bond motifs is 1. The number of carbonyl (C=O) groups excluding carboxylic acids is 1. The molecule has 0 aliphatic carbocycles. The number of allylic oxidation sites excluding steroid dienone is 1. The molecule has 0 aliphatic heterocycles. The summed E-state index contributed by atoms with van der Waals surface area (Å²) in [6.45, 7) is 1.51. The summed E-state index contributed by atoms with van der Waals surface area (Å²) in [6, 6.07) is 12.0. The van der Waals surface area contributed by atoms with Crippen molar-refractivity contribution in [3.8, 4) is 11.8 Å². The molecule has 0 atom stereocenters. The SMILES string of the molecule is Cc1cc(O)c(C(=O)C=Cc2cc3ccccc3n(CC#N)c2=O)c(=O)n1C. The minimum Gasteiger partial charge on any atom is -0.507 e. The van der Waals surface area contributed by atoms with Crippen LogP contribution >= 0.6 is 0 Å². The van der Waals surface area contributed by atoms with Gasteiger partial charge < -0.3 is 9.67 Å². The lowest BCUT2D eigenvalue weighted by molar-refractivity contribution is 0.104. The number of aryl methyl sites for hydroxylation is 1. The first-order valence-corrected chi connectivity index (χ1v) is 8.46. The zero-order valence-corrected chi connectivity index (χ0v) is 15.3. The Morgan fingerprint density at radius 3 is 2.64 bits per heavy atom. The van der Waals surface area contributed by atoms with E-state index in [0.29, 0.717) is 11.2 Å². The van der Waals surface area contributed by atoms with E-state index >= 15 is 0 Å². The van der Waals surface area contributed by atoms with Gasteiger partial charge in [0.05, 0.1) is 11.6 Å². The van der Waals surface area contributed by atoms with Crippen LogP contribution in [-0.4, -0.2) is 20.0 Å². The van der Waals surface area contributed by atoms with Crippen molar-refractivity contribution in [1.82, 2.24) is 9.13 Å². The van der Waals surface area contributed by atoms with Gasteiger partial charge in [0, 0.05) is 24.4 Å². The number of aromatic hydroxyl groups is 1. The lowest BCUT2D eigenvalue weighted by Gasteiger charge is -2.08. The largest absolute Gasteiger partial charge is 0.507 e. The lowest BCUT2D eigenvalue weighted by Crippen LogP contribution is -2.25. The molecule has 2 heterocycles. The van der Waals surface area contributed by atoms with E-state index < -0.39 is 22.7 Å². The van der Waals surface area contributed by atoms with Gasteiger partial charge in [-0.05, 0) is 36.6 Å². The number of nitrogens with zero attached hydrogens (tertiary/aromatic N) is 3. The first-order valence-electron chi connectivity index (χ1n) is 8.46. The van der Waals surface area contributed by atoms with Crippen LogP contribution in [0.15, 0.2) is 52.1 Å². The van der Waals surface area contributed by atoms with Crippen molar-refractivity contribution in [2.75, 3.05) is 0 Å². The topological polar surface area (TPSA) is 105 Å². The smallest absolute Gasteiger partial charge is 0.265 e. The van der Waals surface area contributed by atoms with Crippen molar-refractivity contribution in [3.63, 3.8) is 0 Å². The molecular formula is C21H17N3O4. The third-order valence-corrected chi connectivity index (χ3v) is 4.57. The highest BCUT2D eigenvalue weighted by molar-refractivity contribution is 6.08. The molecule has 28 heavy (non-hydrogen) atoms. The molecule has 0 bridgehead atoms. The number of benzene rings is 1. The summed E-state index contributed by atoms with van der Waals surface area (Å²) < 4.78 is 2.58. The van der Waals surface area contributed by atoms with E-state index in [1.807, 2.05) is 6.07 Å². The summed E-state index contributed by atoms with van der Waals surface area (Å²) >= 11 is 0. The lowest BCUT2D eigenvalue weighted by atomic mass is 10.1. The molecule has 1 aromatic carbocycles. The second-order valence-corrected chi connectivity index (χ2v) is 6.32. The number of aromatic nitrogens is 2. The summed E-state index contributed by atoms with van der Waals surface area (Å²) in [4.78, 5) is 37.5. The first-order chi connectivity index (χ1) is 13.3. The molecule has 0 radical (unpaired) electrons. The molecule has 3 aromatic rings. The quantitative estimate of drug-likeness (QED) is 0.556. The van der Waals surface area contributed by atoms with E-state index in [1.165, 1.54) is 28.3 Å². The summed E-state index contributed by atoms with van der Waals surface area (Å²) in [5.41, 5.74) is -0.0781. The number of pyridine rings is 2. The minimum absolute atomic E-state index is 0.131. The highest BCUT2D eigenvalue weighted by atomic mass is 16.3. The zero-order valence-electron chi connectivity index (χ0n) is 15.3. The van der Waals surface area contributed by atoms with Gasteiger partial charge in [0.2, 0.25) is 0 Å². The van der Waals surface area contributed by atoms with Gasteiger partial charge >= 0.3 is 0 Å². The number of ketones is 1. The van der Waals surface area contributed by atoms with E-state index in [0.717, 1.165) is 11.5 Å². The van der Waals surface area contributed by atoms with Gasteiger partial charge in [-0.25, -0.2) is 0 Å². The number of carbonyl (C=O) groups is 1. The van der Waals surface area contributed by atoms with Gasteiger partial charge in [-0.2, -0.15) is 5.26 Å². The fourth-order valence-corrected chi connectivity index (χ4v) is 2.98. The van der Waals surface area contributed by atoms with Crippen molar-refractivity contribution in [3.05, 3.63) is 80.0 Å². The van der Waals surface area contributed by atoms with Crippen LogP contribution in [0.5, 0.6) is 5.75 Å². The Hall–Kier alpha value is -3.92. The second-order valence-electron chi connectivity index (χ2n) is 6.32. The van der Waals surface area contributed by atoms with E-state index in [2.05, 4.69) is 0 Å². The molecule has 0 saturated heterocycles. The van der Waals surface area contributed by atoms with E-state index in [-0.39, 0.29) is 17.7 Å². The number of rotatable bonds is 4. The van der Waals surface area contributed by atoms with Crippen molar-refractivity contribution >= 4 is 22.8 Å². The van der Waals surface area contributed by atoms with Gasteiger partial charge in [0.25, 0.3) is 11.1 Å². The molecule has 0 aliphatic rings. The third-order valence-electron chi connectivity index (χ3n) is 4.57. The summed E-state index contributed by atoms with van der Waals surface area (Å²) in [5, 5.41) is 19.8. The molecular weight excluding hydrogens is 358 g/mol. The maximum Gasteiger partial charge on any atom is 0.265 e. The fraction of sp³-hybridized carbons (Fsp3) is 0.143. The molecule has 0 saturated carbocycles. The number of hydrogen-bond acceptors (Lipinski definition) is 5. The van der Waals surface area contributed by atoms with Crippen LogP contribution in [-0.2, 0) is 13.6 Å². The molecule has 7 nitrogen and oxygen atoms in total. The molecule has 0 unspecified atom stereocenters. The van der Waals surface area contributed by atoms with Gasteiger partial charge in [-0.1, -0.05) is 18.2 Å². The van der Waals surface area contributed by atoms with E-state index in [9.17, 15) is 19.5 Å². The van der Waals surface area contributed by atoms with Gasteiger partial charge in [0.15, 0.2) is 5.78 Å². The van der Waals surface area contributed by atoms with Crippen molar-refractivity contribution in [2.24, 2.45) is 7.05 Å². The van der Waals surface area contributed by atoms with Crippen molar-refractivity contribution in [2.45, 2.75) is 13.5 Å². The van der Waals surface area contributed by atoms with Crippen LogP contribution in [0.2, 0.25) is 0 Å². The molecule has 140 valence electrons. The van der Waals surface area contributed by atoms with Crippen molar-refractivity contribution in [1.29, 1.82) is 5.26 Å². The van der Waals surface area contributed by atoms with Crippen LogP contribution in [0.1, 0.15) is 21.6 Å². The summed E-state index contributed by atoms with van der Waals surface area (Å²) in [7, 11) is 1.50. The van der Waals surface area contributed by atoms with Gasteiger partial charge in [-0.15, -0.1) is 0 Å². The number of nitriles is 1. The standard InChI is InChI=1S/C21H17N3O4/c1-13-11-18(26)19(21(28)23(13)2)17(25)8-7-15-12-14-5-3-4-6-16(14)24(10-9-22)20(15)27/h3-8,11-12,26H,10H2,1-2H3. The van der Waals surface area contributed by atoms with E-state index in [4.69, 9.17) is 5.26 Å². The van der Waals surface area contributed by atoms with E-state index in [1.54, 1.807) is 37.3 Å². The highest BCUT2D eigenvalue weighted by Crippen LogP contribution is 2.17. The Kier molecular flexibility index (Phi) is 4.96. The normalized spacial score (nSPS) is 11.0. The Morgan fingerprint density at radius 1 is 1.21 bits per heavy atom. The maximum atomic E-state index is 12.7. The fourth-order valence-electron chi connectivity index (χ4n) is 2.98. The summed E-state index contributed by atoms with van der Waals surface area (Å²) in [6.07, 6.45) is 2.37. The third kappa shape index (κ3) is 3.23. The molecule has 0 amide bonds. The maximum absolute atomic E-state index is 12.7. The van der Waals surface area contributed by atoms with Crippen LogP contribution < -0.4 is 11.1 Å². The average Bonchev–Trinajstić information content (AvgIpc) is 2.67. The molecule has 2 aromatic heterocycles. The molecule has 3 rings (SSSR count). The number of para-hydroxylation sites is 1. The van der Waals surface area contributed by atoms with Crippen LogP contribution in [0.25, 0.3) is 17.0 Å². The summed E-state index contributed by atoms with van der Waals surface area (Å²) in [5.74, 6) is -1.12. The Bertz CT molecular complexity index is 1290. The number of hydrogen-bond donors (Lipinski definition) is 1. The first kappa shape index (κ1) is 18.9. The Labute approximate surface area is 160 Å². The monoisotopic (exact) mass is 375 g/mol. The molecule has 7 heteroatoms. The van der Waals surface area contributed by atoms with Crippen LogP contribution in [0.3, 0.4) is 0 Å². The molecule has 0 spiro atoms. The predicted octanol–water partition coefficient (Wildman–Crippen LogP) is 2.13. The van der Waals surface area contributed by atoms with Crippen LogP contribution in [0, 0.1) is 18.3 Å². The minimum atomic E-state index is -0.711. The predicted molar refractivity (Wildman–Crippen MR) is 105 cm³/mol. The van der Waals surface area contributed by atoms with Crippen LogP contribution in [0.4, 0.5) is 0 Å². The molecule has 0 fully saturated rings. The zero-order chi connectivity index (χ0) is 20.4. The molecule has 1 N–H and O–H groups in total. The average molecular weight is 375 g/mol. The Morgan fingerprint density at radius 2 is 1.93 bits per heavy atom. The Balaban J connectivity index is 2.10. The second kappa shape index (κ2) is 7.37.